The number of anilines is 1. The van der Waals surface area contributed by atoms with Gasteiger partial charge in [0, 0.05) is 26.2 Å². The van der Waals surface area contributed by atoms with Crippen molar-refractivity contribution in [3.05, 3.63) is 41.0 Å². The van der Waals surface area contributed by atoms with E-state index in [0.717, 1.165) is 67.7 Å². The molecule has 3 heterocycles. The number of pyridine rings is 1. The number of piperazine rings is 1. The smallest absolute Gasteiger partial charge is 0.157 e. The Labute approximate surface area is 164 Å². The van der Waals surface area contributed by atoms with Crippen LogP contribution in [0.15, 0.2) is 24.3 Å². The molecule has 7 heteroatoms. The second-order valence-corrected chi connectivity index (χ2v) is 7.13. The Kier molecular flexibility index (Phi) is 4.68. The van der Waals surface area contributed by atoms with Crippen molar-refractivity contribution in [2.24, 2.45) is 0 Å². The van der Waals surface area contributed by atoms with Gasteiger partial charge in [-0.1, -0.05) is 12.1 Å². The minimum absolute atomic E-state index is 0. The predicted molar refractivity (Wildman–Crippen MR) is 108 cm³/mol. The zero-order valence-electron chi connectivity index (χ0n) is 15.1. The van der Waals surface area contributed by atoms with Gasteiger partial charge < -0.3 is 10.0 Å². The molecule has 1 aromatic carbocycles. The average molecular weight is 384 g/mol. The maximum atomic E-state index is 9.84. The highest BCUT2D eigenvalue weighted by molar-refractivity contribution is 5.86. The van der Waals surface area contributed by atoms with Crippen molar-refractivity contribution in [3.63, 3.8) is 0 Å². The first-order valence-corrected chi connectivity index (χ1v) is 9.25. The summed E-state index contributed by atoms with van der Waals surface area (Å²) < 4.78 is 2.20. The molecule has 140 valence electrons. The van der Waals surface area contributed by atoms with Crippen LogP contribution in [0.4, 0.5) is 5.82 Å². The van der Waals surface area contributed by atoms with Crippen molar-refractivity contribution >= 4 is 34.9 Å². The number of imidazole rings is 1. The minimum Gasteiger partial charge on any atom is -0.381 e. The van der Waals surface area contributed by atoms with Crippen molar-refractivity contribution in [2.75, 3.05) is 37.8 Å². The Bertz CT molecular complexity index is 1050. The quantitative estimate of drug-likeness (QED) is 0.735. The van der Waals surface area contributed by atoms with Crippen molar-refractivity contribution in [1.29, 1.82) is 5.26 Å². The second kappa shape index (κ2) is 7.01. The molecule has 5 rings (SSSR count). The summed E-state index contributed by atoms with van der Waals surface area (Å²) in [6.45, 7) is 3.56. The van der Waals surface area contributed by atoms with Crippen molar-refractivity contribution in [1.82, 2.24) is 14.3 Å². The Morgan fingerprint density at radius 3 is 2.56 bits per heavy atom. The third-order valence-corrected chi connectivity index (χ3v) is 5.77. The van der Waals surface area contributed by atoms with Crippen LogP contribution in [0.25, 0.3) is 16.7 Å². The molecule has 0 unspecified atom stereocenters. The van der Waals surface area contributed by atoms with Crippen molar-refractivity contribution in [3.8, 4) is 6.07 Å². The molecule has 0 saturated carbocycles. The number of rotatable bonds is 2. The third-order valence-electron chi connectivity index (χ3n) is 5.77. The fraction of sp³-hybridized carbons (Fsp3) is 0.400. The van der Waals surface area contributed by atoms with Gasteiger partial charge in [-0.05, 0) is 42.5 Å². The lowest BCUT2D eigenvalue weighted by Crippen LogP contribution is -2.47. The number of hydrogen-bond donors (Lipinski definition) is 1. The van der Waals surface area contributed by atoms with Crippen LogP contribution in [0, 0.1) is 11.3 Å². The van der Waals surface area contributed by atoms with E-state index in [1.807, 2.05) is 18.2 Å². The highest BCUT2D eigenvalue weighted by atomic mass is 35.5. The number of aliphatic hydroxyl groups is 1. The summed E-state index contributed by atoms with van der Waals surface area (Å²) in [6, 6.07) is 10.6. The summed E-state index contributed by atoms with van der Waals surface area (Å²) in [4.78, 5) is 9.29. The number of aromatic nitrogens is 2. The van der Waals surface area contributed by atoms with E-state index in [0.29, 0.717) is 0 Å². The van der Waals surface area contributed by atoms with Crippen molar-refractivity contribution in [2.45, 2.75) is 19.3 Å². The Balaban J connectivity index is 0.00000180. The SMILES string of the molecule is Cl.N#Cc1c2c(c(N3CCN(CO)CC3)n3c1nc1ccccc13)CCC2. The van der Waals surface area contributed by atoms with E-state index in [9.17, 15) is 10.4 Å². The number of para-hydroxylation sites is 2. The van der Waals surface area contributed by atoms with Crippen LogP contribution in [-0.2, 0) is 12.8 Å². The zero-order valence-corrected chi connectivity index (χ0v) is 15.9. The number of fused-ring (bicyclic) bond motifs is 4. The van der Waals surface area contributed by atoms with Gasteiger partial charge in [-0.25, -0.2) is 4.98 Å². The summed E-state index contributed by atoms with van der Waals surface area (Å²) in [7, 11) is 0. The lowest BCUT2D eigenvalue weighted by Gasteiger charge is -2.36. The maximum Gasteiger partial charge on any atom is 0.157 e. The first kappa shape index (κ1) is 18.1. The van der Waals surface area contributed by atoms with E-state index < -0.39 is 0 Å². The standard InChI is InChI=1S/C20H21N5O.ClH/c21-12-16-14-4-3-5-15(14)20(24-10-8-23(13-26)9-11-24)25-18-7-2-1-6-17(18)22-19(16)25;/h1-2,6-7,26H,3-5,8-11,13H2;1H. The van der Waals surface area contributed by atoms with E-state index in [1.165, 1.54) is 16.9 Å². The molecule has 27 heavy (non-hydrogen) atoms. The Hall–Kier alpha value is -2.33. The van der Waals surface area contributed by atoms with Crippen LogP contribution >= 0.6 is 12.4 Å². The van der Waals surface area contributed by atoms with Crippen LogP contribution in [0.5, 0.6) is 0 Å². The molecule has 0 spiro atoms. The van der Waals surface area contributed by atoms with E-state index in [-0.39, 0.29) is 19.1 Å². The lowest BCUT2D eigenvalue weighted by molar-refractivity contribution is 0.102. The van der Waals surface area contributed by atoms with Gasteiger partial charge in [0.25, 0.3) is 0 Å². The molecule has 0 atom stereocenters. The first-order chi connectivity index (χ1) is 12.8. The topological polar surface area (TPSA) is 67.8 Å². The number of nitrogens with zero attached hydrogens (tertiary/aromatic N) is 5. The molecule has 6 nitrogen and oxygen atoms in total. The zero-order chi connectivity index (χ0) is 17.7. The van der Waals surface area contributed by atoms with Gasteiger partial charge in [-0.3, -0.25) is 9.30 Å². The highest BCUT2D eigenvalue weighted by Crippen LogP contribution is 2.38. The number of nitriles is 1. The highest BCUT2D eigenvalue weighted by Gasteiger charge is 2.29. The molecular formula is C20H22ClN5O. The van der Waals surface area contributed by atoms with Gasteiger partial charge in [0.15, 0.2) is 5.65 Å². The van der Waals surface area contributed by atoms with Gasteiger partial charge in [0.1, 0.15) is 11.9 Å². The van der Waals surface area contributed by atoms with E-state index in [1.54, 1.807) is 0 Å². The van der Waals surface area contributed by atoms with Crippen LogP contribution in [0.3, 0.4) is 0 Å². The molecule has 0 amide bonds. The maximum absolute atomic E-state index is 9.84. The van der Waals surface area contributed by atoms with Gasteiger partial charge in [-0.2, -0.15) is 5.26 Å². The van der Waals surface area contributed by atoms with E-state index in [4.69, 9.17) is 4.98 Å². The molecule has 1 saturated heterocycles. The molecule has 1 aliphatic carbocycles. The molecule has 1 fully saturated rings. The number of halogens is 1. The number of hydrogen-bond acceptors (Lipinski definition) is 5. The fourth-order valence-electron chi connectivity index (χ4n) is 4.50. The van der Waals surface area contributed by atoms with Crippen LogP contribution in [-0.4, -0.2) is 52.3 Å². The predicted octanol–water partition coefficient (Wildman–Crippen LogP) is 2.34. The molecule has 1 aliphatic heterocycles. The Morgan fingerprint density at radius 1 is 1.07 bits per heavy atom. The van der Waals surface area contributed by atoms with E-state index in [2.05, 4.69) is 26.3 Å². The second-order valence-electron chi connectivity index (χ2n) is 7.13. The monoisotopic (exact) mass is 383 g/mol. The van der Waals surface area contributed by atoms with Gasteiger partial charge in [0.2, 0.25) is 0 Å². The number of aliphatic hydroxyl groups excluding tert-OH is 1. The molecule has 0 bridgehead atoms. The number of benzene rings is 1. The van der Waals surface area contributed by atoms with Crippen LogP contribution in [0.2, 0.25) is 0 Å². The normalized spacial score (nSPS) is 17.1. The molecule has 0 radical (unpaired) electrons. The summed E-state index contributed by atoms with van der Waals surface area (Å²) >= 11 is 0. The van der Waals surface area contributed by atoms with Crippen LogP contribution in [0.1, 0.15) is 23.1 Å². The molecule has 2 aromatic heterocycles. The van der Waals surface area contributed by atoms with E-state index >= 15 is 0 Å². The summed E-state index contributed by atoms with van der Waals surface area (Å²) in [5, 5.41) is 19.2. The minimum atomic E-state index is 0. The third kappa shape index (κ3) is 2.66. The fourth-order valence-corrected chi connectivity index (χ4v) is 4.50. The molecule has 3 aromatic rings. The molecule has 1 N–H and O–H groups in total. The Morgan fingerprint density at radius 2 is 1.81 bits per heavy atom. The summed E-state index contributed by atoms with van der Waals surface area (Å²) in [5.41, 5.74) is 6.03. The molecule has 2 aliphatic rings. The molecular weight excluding hydrogens is 362 g/mol. The van der Waals surface area contributed by atoms with Gasteiger partial charge >= 0.3 is 0 Å². The lowest BCUT2D eigenvalue weighted by atomic mass is 10.0. The largest absolute Gasteiger partial charge is 0.381 e. The van der Waals surface area contributed by atoms with Gasteiger partial charge in [0.05, 0.1) is 23.3 Å². The van der Waals surface area contributed by atoms with Crippen LogP contribution < -0.4 is 4.90 Å². The van der Waals surface area contributed by atoms with Crippen molar-refractivity contribution < 1.29 is 5.11 Å². The summed E-state index contributed by atoms with van der Waals surface area (Å²) in [6.07, 6.45) is 3.07. The first-order valence-electron chi connectivity index (χ1n) is 9.25. The average Bonchev–Trinajstić information content (AvgIpc) is 3.31. The van der Waals surface area contributed by atoms with Gasteiger partial charge in [-0.15, -0.1) is 12.4 Å². The summed E-state index contributed by atoms with van der Waals surface area (Å²) in [5.74, 6) is 1.21.